The standard InChI is InChI=1S/C15H23NO4S/c1-11-10-14(19-4)12(2)13(3)15(11)21(17,18)16-6-5-8-20-9-7-16/h10H,5-9H2,1-4H3. The molecule has 21 heavy (non-hydrogen) atoms. The van der Waals surface area contributed by atoms with Gasteiger partial charge >= 0.3 is 0 Å². The quantitative estimate of drug-likeness (QED) is 0.857. The van der Waals surface area contributed by atoms with Gasteiger partial charge in [0.25, 0.3) is 0 Å². The summed E-state index contributed by atoms with van der Waals surface area (Å²) in [7, 11) is -1.90. The molecule has 1 aromatic rings. The molecule has 6 heteroatoms. The van der Waals surface area contributed by atoms with Gasteiger partial charge in [-0.3, -0.25) is 0 Å². The van der Waals surface area contributed by atoms with E-state index in [0.29, 0.717) is 31.2 Å². The van der Waals surface area contributed by atoms with Crippen LogP contribution in [0, 0.1) is 20.8 Å². The molecule has 1 heterocycles. The molecular formula is C15H23NO4S. The van der Waals surface area contributed by atoms with E-state index in [1.165, 1.54) is 4.31 Å². The predicted octanol–water partition coefficient (Wildman–Crippen LogP) is 2.03. The van der Waals surface area contributed by atoms with E-state index in [4.69, 9.17) is 9.47 Å². The van der Waals surface area contributed by atoms with Crippen molar-refractivity contribution in [2.45, 2.75) is 32.1 Å². The molecule has 0 amide bonds. The van der Waals surface area contributed by atoms with Gasteiger partial charge in [-0.1, -0.05) is 0 Å². The SMILES string of the molecule is COc1cc(C)c(S(=O)(=O)N2CCCOCC2)c(C)c1C. The number of hydrogen-bond donors (Lipinski definition) is 0. The van der Waals surface area contributed by atoms with Crippen molar-refractivity contribution < 1.29 is 17.9 Å². The molecule has 0 bridgehead atoms. The first kappa shape index (κ1) is 16.3. The van der Waals surface area contributed by atoms with Crippen molar-refractivity contribution in [1.82, 2.24) is 4.31 Å². The van der Waals surface area contributed by atoms with Crippen molar-refractivity contribution in [3.63, 3.8) is 0 Å². The van der Waals surface area contributed by atoms with Crippen LogP contribution in [-0.2, 0) is 14.8 Å². The van der Waals surface area contributed by atoms with E-state index in [2.05, 4.69) is 0 Å². The number of methoxy groups -OCH3 is 1. The number of aryl methyl sites for hydroxylation is 1. The Bertz CT molecular complexity index is 617. The highest BCUT2D eigenvalue weighted by Gasteiger charge is 2.29. The molecule has 118 valence electrons. The Hall–Kier alpha value is -1.11. The summed E-state index contributed by atoms with van der Waals surface area (Å²) in [6, 6.07) is 1.80. The molecule has 0 radical (unpaired) electrons. The molecule has 0 N–H and O–H groups in total. The third kappa shape index (κ3) is 3.07. The monoisotopic (exact) mass is 313 g/mol. The Labute approximate surface area is 126 Å². The average molecular weight is 313 g/mol. The number of hydrogen-bond acceptors (Lipinski definition) is 4. The lowest BCUT2D eigenvalue weighted by molar-refractivity contribution is 0.148. The Kier molecular flexibility index (Phi) is 4.91. The smallest absolute Gasteiger partial charge is 0.243 e. The van der Waals surface area contributed by atoms with Crippen molar-refractivity contribution in [3.8, 4) is 5.75 Å². The van der Waals surface area contributed by atoms with Crippen molar-refractivity contribution in [2.75, 3.05) is 33.4 Å². The lowest BCUT2D eigenvalue weighted by Crippen LogP contribution is -2.34. The summed E-state index contributed by atoms with van der Waals surface area (Å²) in [5.41, 5.74) is 2.35. The molecule has 1 aliphatic heterocycles. The van der Waals surface area contributed by atoms with Crippen LogP contribution in [0.25, 0.3) is 0 Å². The van der Waals surface area contributed by atoms with Crippen molar-refractivity contribution in [3.05, 3.63) is 22.8 Å². The number of nitrogens with zero attached hydrogens (tertiary/aromatic N) is 1. The molecule has 0 spiro atoms. The molecule has 0 aromatic heterocycles. The van der Waals surface area contributed by atoms with Crippen LogP contribution in [0.2, 0.25) is 0 Å². The van der Waals surface area contributed by atoms with Crippen molar-refractivity contribution in [2.24, 2.45) is 0 Å². The highest BCUT2D eigenvalue weighted by molar-refractivity contribution is 7.89. The molecule has 1 aromatic carbocycles. The van der Waals surface area contributed by atoms with Gasteiger partial charge in [-0.2, -0.15) is 4.31 Å². The van der Waals surface area contributed by atoms with Crippen LogP contribution in [0.3, 0.4) is 0 Å². The third-order valence-electron chi connectivity index (χ3n) is 3.98. The lowest BCUT2D eigenvalue weighted by Gasteiger charge is -2.23. The molecule has 0 aliphatic carbocycles. The zero-order valence-electron chi connectivity index (χ0n) is 13.1. The van der Waals surface area contributed by atoms with E-state index >= 15 is 0 Å². The van der Waals surface area contributed by atoms with Gasteiger partial charge in [0.1, 0.15) is 5.75 Å². The number of ether oxygens (including phenoxy) is 2. The molecule has 0 unspecified atom stereocenters. The second kappa shape index (κ2) is 6.34. The van der Waals surface area contributed by atoms with E-state index in [1.807, 2.05) is 20.8 Å². The molecule has 0 saturated carbocycles. The van der Waals surface area contributed by atoms with Crippen LogP contribution < -0.4 is 4.74 Å². The molecule has 1 aliphatic rings. The van der Waals surface area contributed by atoms with Crippen LogP contribution in [0.1, 0.15) is 23.1 Å². The van der Waals surface area contributed by atoms with Crippen molar-refractivity contribution >= 4 is 10.0 Å². The minimum atomic E-state index is -3.50. The molecule has 5 nitrogen and oxygen atoms in total. The first-order valence-electron chi connectivity index (χ1n) is 7.12. The predicted molar refractivity (Wildman–Crippen MR) is 81.4 cm³/mol. The van der Waals surface area contributed by atoms with Crippen LogP contribution in [0.4, 0.5) is 0 Å². The summed E-state index contributed by atoms with van der Waals surface area (Å²) in [6.45, 7) is 7.52. The Morgan fingerprint density at radius 3 is 2.52 bits per heavy atom. The first-order valence-corrected chi connectivity index (χ1v) is 8.56. The number of rotatable bonds is 3. The summed E-state index contributed by atoms with van der Waals surface area (Å²) in [5.74, 6) is 0.725. The average Bonchev–Trinajstić information content (AvgIpc) is 2.72. The summed E-state index contributed by atoms with van der Waals surface area (Å²) in [6.07, 6.45) is 0.729. The fourth-order valence-corrected chi connectivity index (χ4v) is 4.67. The first-order chi connectivity index (χ1) is 9.89. The second-order valence-electron chi connectivity index (χ2n) is 5.34. The largest absolute Gasteiger partial charge is 0.496 e. The van der Waals surface area contributed by atoms with Gasteiger partial charge in [0.2, 0.25) is 10.0 Å². The maximum Gasteiger partial charge on any atom is 0.243 e. The van der Waals surface area contributed by atoms with Crippen LogP contribution in [0.5, 0.6) is 5.75 Å². The lowest BCUT2D eigenvalue weighted by atomic mass is 10.1. The fourth-order valence-electron chi connectivity index (χ4n) is 2.72. The summed E-state index contributed by atoms with van der Waals surface area (Å²) in [4.78, 5) is 0.405. The Morgan fingerprint density at radius 2 is 1.86 bits per heavy atom. The van der Waals surface area contributed by atoms with Crippen molar-refractivity contribution in [1.29, 1.82) is 0 Å². The molecule has 2 rings (SSSR count). The molecule has 1 saturated heterocycles. The summed E-state index contributed by atoms with van der Waals surface area (Å²) in [5, 5.41) is 0. The highest BCUT2D eigenvalue weighted by Crippen LogP contribution is 2.32. The van der Waals surface area contributed by atoms with Crippen LogP contribution >= 0.6 is 0 Å². The third-order valence-corrected chi connectivity index (χ3v) is 6.17. The topological polar surface area (TPSA) is 55.8 Å². The van der Waals surface area contributed by atoms with Gasteiger partial charge in [-0.15, -0.1) is 0 Å². The van der Waals surface area contributed by atoms with Crippen LogP contribution in [0.15, 0.2) is 11.0 Å². The zero-order chi connectivity index (χ0) is 15.6. The maximum atomic E-state index is 13.0. The van der Waals surface area contributed by atoms with E-state index in [-0.39, 0.29) is 0 Å². The van der Waals surface area contributed by atoms with Gasteiger partial charge in [-0.05, 0) is 49.9 Å². The summed E-state index contributed by atoms with van der Waals surface area (Å²) >= 11 is 0. The number of benzene rings is 1. The molecular weight excluding hydrogens is 290 g/mol. The highest BCUT2D eigenvalue weighted by atomic mass is 32.2. The van der Waals surface area contributed by atoms with Crippen LogP contribution in [-0.4, -0.2) is 46.1 Å². The number of sulfonamides is 1. The molecule has 0 atom stereocenters. The zero-order valence-corrected chi connectivity index (χ0v) is 13.9. The van der Waals surface area contributed by atoms with Gasteiger partial charge in [-0.25, -0.2) is 8.42 Å². The molecule has 1 fully saturated rings. The van der Waals surface area contributed by atoms with Gasteiger partial charge in [0.15, 0.2) is 0 Å². The normalized spacial score (nSPS) is 17.5. The van der Waals surface area contributed by atoms with E-state index in [1.54, 1.807) is 13.2 Å². The summed E-state index contributed by atoms with van der Waals surface area (Å²) < 4.78 is 38.1. The van der Waals surface area contributed by atoms with Gasteiger partial charge in [0, 0.05) is 19.7 Å². The van der Waals surface area contributed by atoms with E-state index in [9.17, 15) is 8.42 Å². The van der Waals surface area contributed by atoms with Gasteiger partial charge in [0.05, 0.1) is 18.6 Å². The Balaban J connectivity index is 2.51. The fraction of sp³-hybridized carbons (Fsp3) is 0.600. The minimum Gasteiger partial charge on any atom is -0.496 e. The Morgan fingerprint density at radius 1 is 1.14 bits per heavy atom. The second-order valence-corrected chi connectivity index (χ2v) is 7.22. The van der Waals surface area contributed by atoms with E-state index < -0.39 is 10.0 Å². The maximum absolute atomic E-state index is 13.0. The van der Waals surface area contributed by atoms with Gasteiger partial charge < -0.3 is 9.47 Å². The van der Waals surface area contributed by atoms with E-state index in [0.717, 1.165) is 28.9 Å². The minimum absolute atomic E-state index is 0.405.